The molecule has 0 unspecified atom stereocenters. The summed E-state index contributed by atoms with van der Waals surface area (Å²) in [5.41, 5.74) is 8.64. The van der Waals surface area contributed by atoms with Crippen LogP contribution in [0.3, 0.4) is 0 Å². The van der Waals surface area contributed by atoms with Crippen LogP contribution in [0.4, 0.5) is 4.79 Å². The van der Waals surface area contributed by atoms with Gasteiger partial charge in [-0.1, -0.05) is 33.8 Å². The predicted octanol–water partition coefficient (Wildman–Crippen LogP) is 4.91. The lowest BCUT2D eigenvalue weighted by molar-refractivity contribution is -0.155. The number of methoxy groups -OCH3 is 1. The molecule has 1 spiro atoms. The molecule has 8 rings (SSSR count). The van der Waals surface area contributed by atoms with Crippen molar-refractivity contribution in [1.29, 1.82) is 0 Å². The van der Waals surface area contributed by atoms with Gasteiger partial charge in [0.05, 0.1) is 41.4 Å². The maximum atomic E-state index is 14.6. The van der Waals surface area contributed by atoms with Crippen LogP contribution in [0.25, 0.3) is 33.4 Å². The number of hydrazine groups is 1. The van der Waals surface area contributed by atoms with E-state index in [4.69, 9.17) is 24.2 Å². The number of esters is 1. The lowest BCUT2D eigenvalue weighted by Gasteiger charge is -2.46. The van der Waals surface area contributed by atoms with Crippen molar-refractivity contribution < 1.29 is 33.4 Å². The number of rotatable bonds is 8. The summed E-state index contributed by atoms with van der Waals surface area (Å²) in [4.78, 5) is 70.0. The number of likely N-dealkylation sites (N-methyl/N-ethyl adjacent to an activating group) is 1. The minimum atomic E-state index is -1.06. The lowest BCUT2D eigenvalue weighted by Crippen LogP contribution is -2.70. The Kier molecular flexibility index (Phi) is 12.7. The van der Waals surface area contributed by atoms with Crippen LogP contribution in [0, 0.1) is 11.3 Å². The number of nitrogens with one attached hydrogen (secondary N) is 3. The predicted molar refractivity (Wildman–Crippen MR) is 239 cm³/mol. The fourth-order valence-electron chi connectivity index (χ4n) is 9.57. The Morgan fingerprint density at radius 1 is 1.14 bits per heavy atom. The van der Waals surface area contributed by atoms with Gasteiger partial charge < -0.3 is 34.3 Å². The van der Waals surface area contributed by atoms with Gasteiger partial charge in [-0.15, -0.1) is 11.3 Å². The van der Waals surface area contributed by atoms with Crippen LogP contribution in [0.15, 0.2) is 41.9 Å². The van der Waals surface area contributed by atoms with E-state index < -0.39 is 47.0 Å². The van der Waals surface area contributed by atoms with Crippen molar-refractivity contribution in [2.24, 2.45) is 11.3 Å². The minimum Gasteiger partial charge on any atom is -0.464 e. The average molecular weight is 884 g/mol. The van der Waals surface area contributed by atoms with Crippen molar-refractivity contribution >= 4 is 46.1 Å². The smallest absolute Gasteiger partial charge is 0.324 e. The minimum absolute atomic E-state index is 0.0965. The van der Waals surface area contributed by atoms with E-state index in [0.717, 1.165) is 44.7 Å². The number of thiazole rings is 1. The van der Waals surface area contributed by atoms with Crippen LogP contribution >= 0.6 is 11.3 Å². The summed E-state index contributed by atoms with van der Waals surface area (Å²) in [5, 5.41) is 11.4. The second-order valence-electron chi connectivity index (χ2n) is 18.4. The first-order valence-electron chi connectivity index (χ1n) is 22.2. The number of carbonyl (C=O) groups is 4. The molecular formula is C46H61N9O7S. The van der Waals surface area contributed by atoms with Gasteiger partial charge in [-0.05, 0) is 68.9 Å². The molecule has 3 N–H and O–H groups in total. The molecule has 0 saturated carbocycles. The molecule has 16 nitrogen and oxygen atoms in total. The number of carbonyl (C=O) groups excluding carboxylic acids is 4. The Balaban J connectivity index is 1.18. The van der Waals surface area contributed by atoms with Gasteiger partial charge >= 0.3 is 12.0 Å². The number of urea groups is 1. The summed E-state index contributed by atoms with van der Waals surface area (Å²) in [6, 6.07) is 7.42. The number of amides is 4. The molecule has 1 aromatic carbocycles. The van der Waals surface area contributed by atoms with Crippen molar-refractivity contribution in [2.45, 2.75) is 104 Å². The molecule has 3 fully saturated rings. The first kappa shape index (κ1) is 44.7. The molecule has 4 amide bonds. The van der Waals surface area contributed by atoms with E-state index in [1.165, 1.54) is 21.2 Å². The van der Waals surface area contributed by atoms with Gasteiger partial charge in [0.2, 0.25) is 5.91 Å². The Bertz CT molecular complexity index is 2370. The first-order valence-corrected chi connectivity index (χ1v) is 23.0. The van der Waals surface area contributed by atoms with E-state index in [9.17, 15) is 19.2 Å². The zero-order valence-corrected chi connectivity index (χ0v) is 38.5. The van der Waals surface area contributed by atoms with Crippen molar-refractivity contribution in [1.82, 2.24) is 45.4 Å². The summed E-state index contributed by atoms with van der Waals surface area (Å²) in [5.74, 6) is -1.59. The summed E-state index contributed by atoms with van der Waals surface area (Å²) in [7, 11) is 3.32. The molecule has 0 radical (unpaired) electrons. The van der Waals surface area contributed by atoms with Crippen molar-refractivity contribution in [3.63, 3.8) is 0 Å². The monoisotopic (exact) mass is 883 g/mol. The third-order valence-corrected chi connectivity index (χ3v) is 13.9. The third kappa shape index (κ3) is 8.57. The number of aromatic nitrogens is 3. The first-order chi connectivity index (χ1) is 30.1. The van der Waals surface area contributed by atoms with Gasteiger partial charge in [-0.25, -0.2) is 15.2 Å². The zero-order valence-electron chi connectivity index (χ0n) is 37.7. The Labute approximate surface area is 373 Å². The Morgan fingerprint density at radius 2 is 1.94 bits per heavy atom. The second kappa shape index (κ2) is 17.9. The summed E-state index contributed by atoms with van der Waals surface area (Å²) in [6.45, 7) is 15.2. The quantitative estimate of drug-likeness (QED) is 0.206. The standard InChI is InChI=1S/C46H61N9O7S/c1-9-53-36-15-14-29-20-31(36)32(40(53)30-12-10-16-48-38(30)28(4)60-8)22-45(5,6)26-61-43(58)33-13-11-17-55(51-33)42(57)34(21-37-49-35(29)23-63-37)50-41(56)39(27(2)3)52(7)44(59)54-18-19-62-46(54)24-47-25-46/h10,12,14-16,20,23,27-28,33-34,39,47,51H,9,11,13,17-19,21-22,24-26H2,1-8H3,(H,50,56)/t28-,33-,34-,39-/m0/s1. The number of benzene rings is 1. The van der Waals surface area contributed by atoms with Gasteiger partial charge in [0.25, 0.3) is 5.91 Å². The summed E-state index contributed by atoms with van der Waals surface area (Å²) < 4.78 is 20.2. The van der Waals surface area contributed by atoms with Gasteiger partial charge in [0, 0.05) is 92.3 Å². The normalized spacial score (nSPS) is 22.1. The van der Waals surface area contributed by atoms with Gasteiger partial charge in [0.15, 0.2) is 5.72 Å². The van der Waals surface area contributed by atoms with E-state index in [1.54, 1.807) is 25.3 Å². The highest BCUT2D eigenvalue weighted by molar-refractivity contribution is 7.10. The summed E-state index contributed by atoms with van der Waals surface area (Å²) in [6.07, 6.45) is 3.26. The van der Waals surface area contributed by atoms with E-state index in [0.29, 0.717) is 63.6 Å². The molecular weight excluding hydrogens is 823 g/mol. The van der Waals surface area contributed by atoms with Crippen LogP contribution < -0.4 is 16.1 Å². The molecule has 3 saturated heterocycles. The number of fused-ring (bicyclic) bond motifs is 6. The van der Waals surface area contributed by atoms with Crippen LogP contribution in [-0.2, 0) is 48.0 Å². The molecule has 4 atom stereocenters. The maximum absolute atomic E-state index is 14.6. The number of aryl methyl sites for hydroxylation is 1. The maximum Gasteiger partial charge on any atom is 0.324 e. The molecule has 4 aliphatic rings. The highest BCUT2D eigenvalue weighted by atomic mass is 32.1. The molecule has 7 heterocycles. The van der Waals surface area contributed by atoms with Crippen molar-refractivity contribution in [2.75, 3.05) is 53.6 Å². The molecule has 338 valence electrons. The van der Waals surface area contributed by atoms with Gasteiger partial charge in [-0.2, -0.15) is 0 Å². The van der Waals surface area contributed by atoms with E-state index in [-0.39, 0.29) is 31.1 Å². The van der Waals surface area contributed by atoms with Crippen molar-refractivity contribution in [3.8, 4) is 22.5 Å². The average Bonchev–Trinajstić information content (AvgIpc) is 4.00. The lowest BCUT2D eigenvalue weighted by atomic mass is 9.84. The van der Waals surface area contributed by atoms with E-state index >= 15 is 0 Å². The molecule has 0 aliphatic carbocycles. The van der Waals surface area contributed by atoms with Gasteiger partial charge in [-0.3, -0.25) is 29.3 Å². The van der Waals surface area contributed by atoms with Crippen LogP contribution in [-0.4, -0.2) is 131 Å². The highest BCUT2D eigenvalue weighted by Gasteiger charge is 2.51. The molecule has 63 heavy (non-hydrogen) atoms. The highest BCUT2D eigenvalue weighted by Crippen LogP contribution is 2.42. The number of pyridine rings is 1. The number of cyclic esters (lactones) is 1. The molecule has 17 heteroatoms. The number of hydrogen-bond acceptors (Lipinski definition) is 12. The van der Waals surface area contributed by atoms with Crippen LogP contribution in [0.1, 0.15) is 76.8 Å². The molecule has 4 aromatic rings. The largest absolute Gasteiger partial charge is 0.464 e. The van der Waals surface area contributed by atoms with Crippen molar-refractivity contribution in [3.05, 3.63) is 58.2 Å². The Morgan fingerprint density at radius 3 is 2.65 bits per heavy atom. The molecule has 6 bridgehead atoms. The topological polar surface area (TPSA) is 172 Å². The number of hydrogen-bond donors (Lipinski definition) is 3. The fraction of sp³-hybridized carbons (Fsp3) is 0.565. The second-order valence-corrected chi connectivity index (χ2v) is 19.3. The zero-order chi connectivity index (χ0) is 44.8. The molecule has 4 aliphatic heterocycles. The number of nitrogens with zero attached hydrogens (tertiary/aromatic N) is 6. The van der Waals surface area contributed by atoms with Crippen LogP contribution in [0.2, 0.25) is 0 Å². The molecule has 3 aromatic heterocycles. The fourth-order valence-corrected chi connectivity index (χ4v) is 10.4. The number of ether oxygens (including phenoxy) is 3. The van der Waals surface area contributed by atoms with Crippen LogP contribution in [0.5, 0.6) is 0 Å². The summed E-state index contributed by atoms with van der Waals surface area (Å²) >= 11 is 1.42. The SMILES string of the molecule is CCn1c(-c2cccnc2[C@H](C)OC)c2c3cc(ccc31)-c1csc(n1)C[C@H](NC(=O)[C@H](C(C)C)N(C)C(=O)N1CCOC13CNC3)C(=O)N1CCC[C@H](N1)C(=O)OCC(C)(C)C2. The van der Waals surface area contributed by atoms with Gasteiger partial charge in [0.1, 0.15) is 18.1 Å². The Hall–Kier alpha value is -4.94. The van der Waals surface area contributed by atoms with E-state index in [2.05, 4.69) is 65.7 Å². The third-order valence-electron chi connectivity index (χ3n) is 13.0. The van der Waals surface area contributed by atoms with E-state index in [1.807, 2.05) is 32.2 Å².